The number of likely N-dealkylation sites (tertiary alicyclic amines) is 2. The van der Waals surface area contributed by atoms with Gasteiger partial charge in [0.15, 0.2) is 0 Å². The molecule has 2 aliphatic rings. The third-order valence-electron chi connectivity index (χ3n) is 3.81. The minimum atomic E-state index is -0.734. The van der Waals surface area contributed by atoms with Crippen molar-refractivity contribution in [2.75, 3.05) is 26.7 Å². The largest absolute Gasteiger partial charge is 0.444 e. The summed E-state index contributed by atoms with van der Waals surface area (Å²) >= 11 is 0. The van der Waals surface area contributed by atoms with E-state index in [2.05, 4.69) is 4.90 Å². The van der Waals surface area contributed by atoms with Gasteiger partial charge in [-0.2, -0.15) is 0 Å². The van der Waals surface area contributed by atoms with Crippen LogP contribution < -0.4 is 0 Å². The third-order valence-corrected chi connectivity index (χ3v) is 3.81. The molecule has 1 amide bonds. The van der Waals surface area contributed by atoms with Crippen LogP contribution in [0.25, 0.3) is 0 Å². The average molecular weight is 258 g/mol. The van der Waals surface area contributed by atoms with Crippen molar-refractivity contribution in [3.05, 3.63) is 0 Å². The first-order chi connectivity index (χ1) is 8.22. The SMILES string of the molecule is CN1CCC(F)CC12CN(C(=O)OC(C)(C)C)C2. The summed E-state index contributed by atoms with van der Waals surface area (Å²) in [6.07, 6.45) is 0.109. The van der Waals surface area contributed by atoms with E-state index in [0.717, 1.165) is 6.54 Å². The van der Waals surface area contributed by atoms with E-state index in [9.17, 15) is 9.18 Å². The molecule has 2 fully saturated rings. The number of hydrogen-bond acceptors (Lipinski definition) is 3. The van der Waals surface area contributed by atoms with Crippen molar-refractivity contribution in [1.29, 1.82) is 0 Å². The van der Waals surface area contributed by atoms with Crippen LogP contribution in [-0.2, 0) is 4.74 Å². The van der Waals surface area contributed by atoms with Gasteiger partial charge in [0, 0.05) is 26.1 Å². The lowest BCUT2D eigenvalue weighted by Crippen LogP contribution is -2.73. The van der Waals surface area contributed by atoms with Gasteiger partial charge in [0.25, 0.3) is 0 Å². The predicted molar refractivity (Wildman–Crippen MR) is 67.3 cm³/mol. The van der Waals surface area contributed by atoms with Crippen molar-refractivity contribution in [3.63, 3.8) is 0 Å². The first-order valence-electron chi connectivity index (χ1n) is 6.55. The molecule has 18 heavy (non-hydrogen) atoms. The Morgan fingerprint density at radius 2 is 2.00 bits per heavy atom. The molecule has 0 aliphatic carbocycles. The summed E-state index contributed by atoms with van der Waals surface area (Å²) < 4.78 is 18.8. The van der Waals surface area contributed by atoms with Crippen molar-refractivity contribution in [2.45, 2.75) is 50.9 Å². The number of ether oxygens (including phenoxy) is 1. The number of amides is 1. The fraction of sp³-hybridized carbons (Fsp3) is 0.923. The van der Waals surface area contributed by atoms with E-state index in [1.54, 1.807) is 4.90 Å². The molecule has 104 valence electrons. The molecule has 0 aromatic carbocycles. The number of hydrogen-bond donors (Lipinski definition) is 0. The van der Waals surface area contributed by atoms with E-state index < -0.39 is 11.8 Å². The molecule has 0 saturated carbocycles. The first-order valence-corrected chi connectivity index (χ1v) is 6.55. The molecule has 0 radical (unpaired) electrons. The summed E-state index contributed by atoms with van der Waals surface area (Å²) in [5, 5.41) is 0. The molecule has 0 aromatic rings. The van der Waals surface area contributed by atoms with Gasteiger partial charge in [-0.15, -0.1) is 0 Å². The highest BCUT2D eigenvalue weighted by atomic mass is 19.1. The summed E-state index contributed by atoms with van der Waals surface area (Å²) in [5.74, 6) is 0. The van der Waals surface area contributed by atoms with Crippen molar-refractivity contribution in [1.82, 2.24) is 9.80 Å². The number of carbonyl (C=O) groups is 1. The highest BCUT2D eigenvalue weighted by Gasteiger charge is 2.52. The van der Waals surface area contributed by atoms with Gasteiger partial charge >= 0.3 is 6.09 Å². The van der Waals surface area contributed by atoms with E-state index in [0.29, 0.717) is 25.9 Å². The minimum Gasteiger partial charge on any atom is -0.444 e. The molecule has 2 rings (SSSR count). The number of nitrogens with zero attached hydrogens (tertiary/aromatic N) is 2. The van der Waals surface area contributed by atoms with Crippen LogP contribution in [0.4, 0.5) is 9.18 Å². The van der Waals surface area contributed by atoms with Gasteiger partial charge in [-0.05, 0) is 34.2 Å². The number of carbonyl (C=O) groups excluding carboxylic acids is 1. The van der Waals surface area contributed by atoms with Crippen LogP contribution in [-0.4, -0.2) is 59.9 Å². The Kier molecular flexibility index (Phi) is 3.30. The summed E-state index contributed by atoms with van der Waals surface area (Å²) in [4.78, 5) is 15.7. The van der Waals surface area contributed by atoms with Gasteiger partial charge in [0.05, 0.1) is 5.54 Å². The van der Waals surface area contributed by atoms with E-state index in [1.165, 1.54) is 0 Å². The molecule has 4 nitrogen and oxygen atoms in total. The van der Waals surface area contributed by atoms with Crippen molar-refractivity contribution in [3.8, 4) is 0 Å². The molecule has 5 heteroatoms. The van der Waals surface area contributed by atoms with Gasteiger partial charge in [0.1, 0.15) is 11.8 Å². The smallest absolute Gasteiger partial charge is 0.410 e. The fourth-order valence-electron chi connectivity index (χ4n) is 2.73. The Labute approximate surface area is 108 Å². The van der Waals surface area contributed by atoms with Crippen LogP contribution in [0, 0.1) is 0 Å². The van der Waals surface area contributed by atoms with Crippen molar-refractivity contribution < 1.29 is 13.9 Å². The number of piperidine rings is 1. The van der Waals surface area contributed by atoms with Gasteiger partial charge in [-0.1, -0.05) is 0 Å². The Balaban J connectivity index is 1.90. The lowest BCUT2D eigenvalue weighted by Gasteiger charge is -2.57. The minimum absolute atomic E-state index is 0.158. The quantitative estimate of drug-likeness (QED) is 0.666. The molecule has 1 atom stereocenters. The van der Waals surface area contributed by atoms with Gasteiger partial charge < -0.3 is 9.64 Å². The number of rotatable bonds is 0. The second kappa shape index (κ2) is 4.37. The van der Waals surface area contributed by atoms with Crippen LogP contribution in [0.2, 0.25) is 0 Å². The molecule has 2 aliphatic heterocycles. The Hall–Kier alpha value is -0.840. The standard InChI is InChI=1S/C13H23FN2O2/c1-12(2,3)18-11(17)16-8-13(9-16)7-10(14)5-6-15(13)4/h10H,5-9H2,1-4H3. The lowest BCUT2D eigenvalue weighted by atomic mass is 9.79. The third kappa shape index (κ3) is 2.60. The molecule has 2 heterocycles. The summed E-state index contributed by atoms with van der Waals surface area (Å²) in [6.45, 7) is 7.49. The second-order valence-corrected chi connectivity index (χ2v) is 6.57. The molecule has 2 saturated heterocycles. The number of likely N-dealkylation sites (N-methyl/N-ethyl adjacent to an activating group) is 1. The zero-order chi connectivity index (χ0) is 13.6. The van der Waals surface area contributed by atoms with E-state index in [-0.39, 0.29) is 11.6 Å². The van der Waals surface area contributed by atoms with Crippen molar-refractivity contribution in [2.24, 2.45) is 0 Å². The van der Waals surface area contributed by atoms with E-state index in [4.69, 9.17) is 4.74 Å². The highest BCUT2D eigenvalue weighted by Crippen LogP contribution is 2.37. The zero-order valence-corrected chi connectivity index (χ0v) is 11.7. The molecule has 1 spiro atoms. The monoisotopic (exact) mass is 258 g/mol. The highest BCUT2D eigenvalue weighted by molar-refractivity contribution is 5.69. The van der Waals surface area contributed by atoms with Gasteiger partial charge in [0.2, 0.25) is 0 Å². The van der Waals surface area contributed by atoms with Gasteiger partial charge in [-0.25, -0.2) is 9.18 Å². The second-order valence-electron chi connectivity index (χ2n) is 6.57. The van der Waals surface area contributed by atoms with Crippen LogP contribution in [0.1, 0.15) is 33.6 Å². The van der Waals surface area contributed by atoms with Crippen molar-refractivity contribution >= 4 is 6.09 Å². The maximum absolute atomic E-state index is 13.5. The summed E-state index contributed by atoms with van der Waals surface area (Å²) in [6, 6.07) is 0. The normalized spacial score (nSPS) is 28.1. The Morgan fingerprint density at radius 3 is 2.56 bits per heavy atom. The van der Waals surface area contributed by atoms with E-state index >= 15 is 0 Å². The molecule has 1 unspecified atom stereocenters. The summed E-state index contributed by atoms with van der Waals surface area (Å²) in [5.41, 5.74) is -0.629. The van der Waals surface area contributed by atoms with Crippen LogP contribution in [0.5, 0.6) is 0 Å². The van der Waals surface area contributed by atoms with Crippen LogP contribution in [0.3, 0.4) is 0 Å². The molecule has 0 aromatic heterocycles. The topological polar surface area (TPSA) is 32.8 Å². The summed E-state index contributed by atoms with van der Waals surface area (Å²) in [7, 11) is 2.01. The maximum Gasteiger partial charge on any atom is 0.410 e. The number of alkyl halides is 1. The van der Waals surface area contributed by atoms with Crippen LogP contribution in [0.15, 0.2) is 0 Å². The van der Waals surface area contributed by atoms with E-state index in [1.807, 2.05) is 27.8 Å². The first kappa shape index (κ1) is 13.6. The van der Waals surface area contributed by atoms with Crippen LogP contribution >= 0.6 is 0 Å². The maximum atomic E-state index is 13.5. The Morgan fingerprint density at radius 1 is 1.39 bits per heavy atom. The average Bonchev–Trinajstić information content (AvgIpc) is 2.15. The molecule has 0 bridgehead atoms. The molecular weight excluding hydrogens is 235 g/mol. The van der Waals surface area contributed by atoms with Gasteiger partial charge in [-0.3, -0.25) is 4.90 Å². The lowest BCUT2D eigenvalue weighted by molar-refractivity contribution is -0.0861. The predicted octanol–water partition coefficient (Wildman–Crippen LogP) is 2.04. The molecule has 0 N–H and O–H groups in total. The Bertz CT molecular complexity index is 334. The zero-order valence-electron chi connectivity index (χ0n) is 11.7. The fourth-order valence-corrected chi connectivity index (χ4v) is 2.73. The number of halogens is 1. The molecular formula is C13H23FN2O2.